The minimum atomic E-state index is -0.370. The van der Waals surface area contributed by atoms with Crippen molar-refractivity contribution in [2.45, 2.75) is 39.7 Å². The Bertz CT molecular complexity index is 118. The van der Waals surface area contributed by atoms with Gasteiger partial charge in [0.25, 0.3) is 0 Å². The molecule has 3 nitrogen and oxygen atoms in total. The summed E-state index contributed by atoms with van der Waals surface area (Å²) in [6.45, 7) is 9.22. The Hall–Kier alpha value is -0.120. The molecule has 0 aromatic carbocycles. The Morgan fingerprint density at radius 2 is 2.00 bits per heavy atom. The van der Waals surface area contributed by atoms with Gasteiger partial charge in [-0.25, -0.2) is 0 Å². The van der Waals surface area contributed by atoms with Gasteiger partial charge in [0.05, 0.1) is 12.7 Å². The van der Waals surface area contributed by atoms with Gasteiger partial charge >= 0.3 is 0 Å². The second-order valence-electron chi connectivity index (χ2n) is 4.13. The third-order valence-electron chi connectivity index (χ3n) is 1.89. The highest BCUT2D eigenvalue weighted by molar-refractivity contribution is 4.59. The summed E-state index contributed by atoms with van der Waals surface area (Å²) < 4.78 is 5.30. The zero-order valence-corrected chi connectivity index (χ0v) is 9.75. The van der Waals surface area contributed by atoms with Gasteiger partial charge in [-0.15, -0.1) is 0 Å². The monoisotopic (exact) mass is 203 g/mol. The molecule has 0 amide bonds. The molecule has 86 valence electrons. The van der Waals surface area contributed by atoms with Crippen molar-refractivity contribution in [3.63, 3.8) is 0 Å². The SMILES string of the molecule is CCCCOCC(O)CNCC(C)C. The number of ether oxygens (including phenoxy) is 1. The molecule has 3 heteroatoms. The molecule has 0 aliphatic heterocycles. The Labute approximate surface area is 87.8 Å². The van der Waals surface area contributed by atoms with Crippen molar-refractivity contribution in [2.75, 3.05) is 26.3 Å². The number of rotatable bonds is 9. The first kappa shape index (κ1) is 13.9. The van der Waals surface area contributed by atoms with Crippen LogP contribution in [0.1, 0.15) is 33.6 Å². The van der Waals surface area contributed by atoms with E-state index in [2.05, 4.69) is 26.1 Å². The van der Waals surface area contributed by atoms with Crippen LogP contribution in [0.2, 0.25) is 0 Å². The number of hydrogen-bond donors (Lipinski definition) is 2. The molecular weight excluding hydrogens is 178 g/mol. The van der Waals surface area contributed by atoms with Crippen molar-refractivity contribution in [3.05, 3.63) is 0 Å². The van der Waals surface area contributed by atoms with Crippen molar-refractivity contribution in [1.29, 1.82) is 0 Å². The molecule has 0 heterocycles. The maximum Gasteiger partial charge on any atom is 0.0897 e. The molecule has 14 heavy (non-hydrogen) atoms. The van der Waals surface area contributed by atoms with Crippen LogP contribution in [-0.2, 0) is 4.74 Å². The van der Waals surface area contributed by atoms with Crippen molar-refractivity contribution in [2.24, 2.45) is 5.92 Å². The lowest BCUT2D eigenvalue weighted by atomic mass is 10.2. The molecule has 0 aromatic rings. The number of nitrogens with one attached hydrogen (secondary N) is 1. The van der Waals surface area contributed by atoms with Gasteiger partial charge in [-0.05, 0) is 18.9 Å². The average Bonchev–Trinajstić information content (AvgIpc) is 2.12. The highest BCUT2D eigenvalue weighted by atomic mass is 16.5. The Kier molecular flexibility index (Phi) is 9.35. The van der Waals surface area contributed by atoms with Crippen LogP contribution in [0.15, 0.2) is 0 Å². The third-order valence-corrected chi connectivity index (χ3v) is 1.89. The van der Waals surface area contributed by atoms with Crippen LogP contribution in [0.4, 0.5) is 0 Å². The molecule has 1 unspecified atom stereocenters. The lowest BCUT2D eigenvalue weighted by Gasteiger charge is -2.13. The smallest absolute Gasteiger partial charge is 0.0897 e. The molecule has 0 radical (unpaired) electrons. The molecule has 0 saturated heterocycles. The normalized spacial score (nSPS) is 13.5. The summed E-state index contributed by atoms with van der Waals surface area (Å²) in [5, 5.41) is 12.7. The van der Waals surface area contributed by atoms with Gasteiger partial charge in [-0.2, -0.15) is 0 Å². The Morgan fingerprint density at radius 3 is 2.57 bits per heavy atom. The molecule has 0 aliphatic carbocycles. The van der Waals surface area contributed by atoms with Gasteiger partial charge in [0.2, 0.25) is 0 Å². The van der Waals surface area contributed by atoms with Crippen LogP contribution < -0.4 is 5.32 Å². The van der Waals surface area contributed by atoms with Crippen molar-refractivity contribution in [3.8, 4) is 0 Å². The van der Waals surface area contributed by atoms with Crippen LogP contribution >= 0.6 is 0 Å². The second kappa shape index (κ2) is 9.44. The number of hydrogen-bond acceptors (Lipinski definition) is 3. The summed E-state index contributed by atoms with van der Waals surface area (Å²) in [7, 11) is 0. The largest absolute Gasteiger partial charge is 0.389 e. The summed E-state index contributed by atoms with van der Waals surface area (Å²) in [5.74, 6) is 0.628. The van der Waals surface area contributed by atoms with Crippen molar-refractivity contribution < 1.29 is 9.84 Å². The second-order valence-corrected chi connectivity index (χ2v) is 4.13. The fraction of sp³-hybridized carbons (Fsp3) is 1.00. The first-order chi connectivity index (χ1) is 6.66. The summed E-state index contributed by atoms with van der Waals surface area (Å²) in [5.41, 5.74) is 0. The first-order valence-electron chi connectivity index (χ1n) is 5.63. The van der Waals surface area contributed by atoms with Crippen LogP contribution in [0.5, 0.6) is 0 Å². The molecule has 0 aliphatic rings. The van der Waals surface area contributed by atoms with Gasteiger partial charge in [-0.3, -0.25) is 0 Å². The lowest BCUT2D eigenvalue weighted by molar-refractivity contribution is 0.0357. The van der Waals surface area contributed by atoms with Crippen LogP contribution in [0.25, 0.3) is 0 Å². The van der Waals surface area contributed by atoms with E-state index in [0.29, 0.717) is 19.1 Å². The minimum absolute atomic E-state index is 0.370. The molecule has 0 saturated carbocycles. The van der Waals surface area contributed by atoms with Crippen LogP contribution in [0, 0.1) is 5.92 Å². The maximum atomic E-state index is 9.47. The van der Waals surface area contributed by atoms with E-state index in [1.807, 2.05) is 0 Å². The van der Waals surface area contributed by atoms with E-state index in [9.17, 15) is 5.11 Å². The molecule has 0 bridgehead atoms. The van der Waals surface area contributed by atoms with Gasteiger partial charge in [0.1, 0.15) is 0 Å². The predicted molar refractivity (Wildman–Crippen MR) is 59.4 cm³/mol. The van der Waals surface area contributed by atoms with Crippen LogP contribution in [-0.4, -0.2) is 37.5 Å². The van der Waals surface area contributed by atoms with E-state index in [4.69, 9.17) is 4.74 Å². The fourth-order valence-electron chi connectivity index (χ4n) is 1.06. The summed E-state index contributed by atoms with van der Waals surface area (Å²) in [4.78, 5) is 0. The standard InChI is InChI=1S/C11H25NO2/c1-4-5-6-14-9-11(13)8-12-7-10(2)3/h10-13H,4-9H2,1-3H3. The lowest BCUT2D eigenvalue weighted by Crippen LogP contribution is -2.32. The van der Waals surface area contributed by atoms with Gasteiger partial charge in [0.15, 0.2) is 0 Å². The number of aliphatic hydroxyl groups excluding tert-OH is 1. The van der Waals surface area contributed by atoms with E-state index in [1.165, 1.54) is 0 Å². The van der Waals surface area contributed by atoms with Crippen molar-refractivity contribution >= 4 is 0 Å². The minimum Gasteiger partial charge on any atom is -0.389 e. The Balaban J connectivity index is 3.15. The number of aliphatic hydroxyl groups is 1. The topological polar surface area (TPSA) is 41.5 Å². The summed E-state index contributed by atoms with van der Waals surface area (Å²) >= 11 is 0. The molecule has 1 atom stereocenters. The van der Waals surface area contributed by atoms with Crippen molar-refractivity contribution in [1.82, 2.24) is 5.32 Å². The third kappa shape index (κ3) is 9.96. The van der Waals surface area contributed by atoms with Gasteiger partial charge in [0, 0.05) is 13.2 Å². The first-order valence-corrected chi connectivity index (χ1v) is 5.63. The molecular formula is C11H25NO2. The molecule has 0 fully saturated rings. The molecule has 2 N–H and O–H groups in total. The van der Waals surface area contributed by atoms with Gasteiger partial charge in [-0.1, -0.05) is 27.2 Å². The zero-order chi connectivity index (χ0) is 10.8. The van der Waals surface area contributed by atoms with E-state index in [-0.39, 0.29) is 6.10 Å². The quantitative estimate of drug-likeness (QED) is 0.557. The zero-order valence-electron chi connectivity index (χ0n) is 9.75. The summed E-state index contributed by atoms with van der Waals surface area (Å²) in [6.07, 6.45) is 1.85. The van der Waals surface area contributed by atoms with E-state index in [1.54, 1.807) is 0 Å². The average molecular weight is 203 g/mol. The van der Waals surface area contributed by atoms with E-state index in [0.717, 1.165) is 26.0 Å². The molecule has 0 rings (SSSR count). The fourth-order valence-corrected chi connectivity index (χ4v) is 1.06. The van der Waals surface area contributed by atoms with Crippen LogP contribution in [0.3, 0.4) is 0 Å². The van der Waals surface area contributed by atoms with E-state index >= 15 is 0 Å². The highest BCUT2D eigenvalue weighted by Crippen LogP contribution is 1.91. The number of unbranched alkanes of at least 4 members (excludes halogenated alkanes) is 1. The predicted octanol–water partition coefficient (Wildman–Crippen LogP) is 1.41. The molecule has 0 spiro atoms. The maximum absolute atomic E-state index is 9.47. The van der Waals surface area contributed by atoms with Gasteiger partial charge < -0.3 is 15.2 Å². The van der Waals surface area contributed by atoms with E-state index < -0.39 is 0 Å². The molecule has 0 aromatic heterocycles. The Morgan fingerprint density at radius 1 is 1.29 bits per heavy atom. The summed E-state index contributed by atoms with van der Waals surface area (Å²) in [6, 6.07) is 0. The highest BCUT2D eigenvalue weighted by Gasteiger charge is 2.03.